The molecule has 1 aliphatic heterocycles. The molecule has 0 saturated heterocycles. The van der Waals surface area contributed by atoms with Gasteiger partial charge >= 0.3 is 0 Å². The van der Waals surface area contributed by atoms with Gasteiger partial charge in [-0.15, -0.1) is 0 Å². The standard InChI is InChI=1S/C17H13BrClNO/c18-14-5-6-16-13(11-14)8-9-20(16)17(21)7-4-12-2-1-3-15(19)10-12/h1-7,10-11H,8-9H2/b7-4+. The molecule has 21 heavy (non-hydrogen) atoms. The molecule has 0 radical (unpaired) electrons. The number of hydrogen-bond donors (Lipinski definition) is 0. The van der Waals surface area contributed by atoms with Crippen molar-refractivity contribution in [1.29, 1.82) is 0 Å². The Morgan fingerprint density at radius 3 is 2.90 bits per heavy atom. The fraction of sp³-hybridized carbons (Fsp3) is 0.118. The van der Waals surface area contributed by atoms with E-state index in [9.17, 15) is 4.79 Å². The van der Waals surface area contributed by atoms with E-state index in [1.54, 1.807) is 12.2 Å². The molecular weight excluding hydrogens is 350 g/mol. The molecule has 2 aromatic rings. The van der Waals surface area contributed by atoms with Crippen molar-refractivity contribution in [1.82, 2.24) is 0 Å². The quantitative estimate of drug-likeness (QED) is 0.709. The second kappa shape index (κ2) is 6.04. The number of carbonyl (C=O) groups is 1. The molecule has 2 aromatic carbocycles. The first-order valence-corrected chi connectivity index (χ1v) is 7.84. The lowest BCUT2D eigenvalue weighted by atomic mass is 10.2. The van der Waals surface area contributed by atoms with Crippen molar-refractivity contribution in [2.45, 2.75) is 6.42 Å². The second-order valence-corrected chi connectivity index (χ2v) is 6.25. The first-order chi connectivity index (χ1) is 10.1. The molecule has 1 heterocycles. The average molecular weight is 363 g/mol. The van der Waals surface area contributed by atoms with Crippen molar-refractivity contribution >= 4 is 45.2 Å². The highest BCUT2D eigenvalue weighted by Crippen LogP contribution is 2.30. The summed E-state index contributed by atoms with van der Waals surface area (Å²) in [5.74, 6) is -0.00366. The Morgan fingerprint density at radius 2 is 2.10 bits per heavy atom. The van der Waals surface area contributed by atoms with Crippen LogP contribution in [-0.2, 0) is 11.2 Å². The smallest absolute Gasteiger partial charge is 0.251 e. The van der Waals surface area contributed by atoms with Gasteiger partial charge in [0.2, 0.25) is 0 Å². The van der Waals surface area contributed by atoms with E-state index in [2.05, 4.69) is 22.0 Å². The summed E-state index contributed by atoms with van der Waals surface area (Å²) in [6.07, 6.45) is 4.29. The van der Waals surface area contributed by atoms with Crippen molar-refractivity contribution in [3.05, 3.63) is 69.2 Å². The van der Waals surface area contributed by atoms with Crippen LogP contribution < -0.4 is 4.90 Å². The van der Waals surface area contributed by atoms with Crippen LogP contribution >= 0.6 is 27.5 Å². The van der Waals surface area contributed by atoms with Gasteiger partial charge in [-0.1, -0.05) is 39.7 Å². The van der Waals surface area contributed by atoms with Crippen LogP contribution in [0.5, 0.6) is 0 Å². The maximum atomic E-state index is 12.3. The average Bonchev–Trinajstić information content (AvgIpc) is 2.88. The molecule has 0 unspecified atom stereocenters. The van der Waals surface area contributed by atoms with Gasteiger partial charge in [0.05, 0.1) is 0 Å². The summed E-state index contributed by atoms with van der Waals surface area (Å²) in [6, 6.07) is 13.5. The van der Waals surface area contributed by atoms with E-state index >= 15 is 0 Å². The monoisotopic (exact) mass is 361 g/mol. The van der Waals surface area contributed by atoms with E-state index in [0.717, 1.165) is 28.7 Å². The van der Waals surface area contributed by atoms with Crippen LogP contribution in [0.1, 0.15) is 11.1 Å². The van der Waals surface area contributed by atoms with Gasteiger partial charge in [-0.05, 0) is 54.0 Å². The van der Waals surface area contributed by atoms with Crippen LogP contribution in [0.4, 0.5) is 5.69 Å². The van der Waals surface area contributed by atoms with E-state index in [4.69, 9.17) is 11.6 Å². The summed E-state index contributed by atoms with van der Waals surface area (Å²) >= 11 is 9.40. The molecule has 0 aromatic heterocycles. The Morgan fingerprint density at radius 1 is 1.24 bits per heavy atom. The molecule has 0 fully saturated rings. The number of halogens is 2. The van der Waals surface area contributed by atoms with Gasteiger partial charge in [0.15, 0.2) is 0 Å². The molecule has 0 N–H and O–H groups in total. The van der Waals surface area contributed by atoms with E-state index < -0.39 is 0 Å². The largest absolute Gasteiger partial charge is 0.308 e. The van der Waals surface area contributed by atoms with Crippen LogP contribution in [0.25, 0.3) is 6.08 Å². The summed E-state index contributed by atoms with van der Waals surface area (Å²) in [5.41, 5.74) is 3.12. The lowest BCUT2D eigenvalue weighted by Gasteiger charge is -2.15. The number of benzene rings is 2. The highest BCUT2D eigenvalue weighted by Gasteiger charge is 2.22. The van der Waals surface area contributed by atoms with Crippen molar-refractivity contribution in [2.24, 2.45) is 0 Å². The Labute approximate surface area is 137 Å². The first-order valence-electron chi connectivity index (χ1n) is 6.67. The lowest BCUT2D eigenvalue weighted by molar-refractivity contribution is -0.114. The van der Waals surface area contributed by atoms with Gasteiger partial charge in [0, 0.05) is 27.8 Å². The third-order valence-corrected chi connectivity index (χ3v) is 4.20. The van der Waals surface area contributed by atoms with E-state index in [1.165, 1.54) is 5.56 Å². The summed E-state index contributed by atoms with van der Waals surface area (Å²) in [5, 5.41) is 0.668. The number of rotatable bonds is 2. The molecule has 0 spiro atoms. The molecule has 0 atom stereocenters. The molecule has 4 heteroatoms. The highest BCUT2D eigenvalue weighted by atomic mass is 79.9. The number of hydrogen-bond acceptors (Lipinski definition) is 1. The number of fused-ring (bicyclic) bond motifs is 1. The number of amides is 1. The van der Waals surface area contributed by atoms with Gasteiger partial charge in [-0.25, -0.2) is 0 Å². The van der Waals surface area contributed by atoms with E-state index in [0.29, 0.717) is 5.02 Å². The summed E-state index contributed by atoms with van der Waals surface area (Å²) < 4.78 is 1.05. The van der Waals surface area contributed by atoms with Gasteiger partial charge in [-0.3, -0.25) is 4.79 Å². The first kappa shape index (κ1) is 14.4. The minimum Gasteiger partial charge on any atom is -0.308 e. The number of nitrogens with zero attached hydrogens (tertiary/aromatic N) is 1. The predicted octanol–water partition coefficient (Wildman–Crippen LogP) is 4.71. The fourth-order valence-electron chi connectivity index (χ4n) is 2.47. The zero-order chi connectivity index (χ0) is 14.8. The van der Waals surface area contributed by atoms with Gasteiger partial charge in [-0.2, -0.15) is 0 Å². The maximum Gasteiger partial charge on any atom is 0.251 e. The van der Waals surface area contributed by atoms with Crippen molar-refractivity contribution < 1.29 is 4.79 Å². The predicted molar refractivity (Wildman–Crippen MR) is 90.7 cm³/mol. The minimum atomic E-state index is -0.00366. The van der Waals surface area contributed by atoms with Crippen LogP contribution in [0.3, 0.4) is 0 Å². The zero-order valence-corrected chi connectivity index (χ0v) is 13.6. The second-order valence-electron chi connectivity index (χ2n) is 4.90. The molecule has 0 aliphatic carbocycles. The van der Waals surface area contributed by atoms with Gasteiger partial charge in [0.25, 0.3) is 5.91 Å². The number of anilines is 1. The SMILES string of the molecule is O=C(/C=C/c1cccc(Cl)c1)N1CCc2cc(Br)ccc21. The van der Waals surface area contributed by atoms with Crippen molar-refractivity contribution in [3.63, 3.8) is 0 Å². The molecule has 1 aliphatic rings. The summed E-state index contributed by atoms with van der Waals surface area (Å²) in [6.45, 7) is 0.727. The van der Waals surface area contributed by atoms with E-state index in [-0.39, 0.29) is 5.91 Å². The summed E-state index contributed by atoms with van der Waals surface area (Å²) in [4.78, 5) is 14.2. The zero-order valence-electron chi connectivity index (χ0n) is 11.2. The molecule has 2 nitrogen and oxygen atoms in total. The Kier molecular flexibility index (Phi) is 4.13. The van der Waals surface area contributed by atoms with Gasteiger partial charge in [0.1, 0.15) is 0 Å². The third-order valence-electron chi connectivity index (χ3n) is 3.47. The Bertz CT molecular complexity index is 726. The Hall–Kier alpha value is -1.58. The molecule has 3 rings (SSSR count). The minimum absolute atomic E-state index is 0.00366. The number of carbonyl (C=O) groups excluding carboxylic acids is 1. The lowest BCUT2D eigenvalue weighted by Crippen LogP contribution is -2.26. The van der Waals surface area contributed by atoms with Gasteiger partial charge < -0.3 is 4.90 Å². The fourth-order valence-corrected chi connectivity index (χ4v) is 3.07. The van der Waals surface area contributed by atoms with Crippen LogP contribution in [0.2, 0.25) is 5.02 Å². The highest BCUT2D eigenvalue weighted by molar-refractivity contribution is 9.10. The normalized spacial score (nSPS) is 13.7. The van der Waals surface area contributed by atoms with Crippen LogP contribution in [0, 0.1) is 0 Å². The van der Waals surface area contributed by atoms with Crippen molar-refractivity contribution in [2.75, 3.05) is 11.4 Å². The van der Waals surface area contributed by atoms with Crippen molar-refractivity contribution in [3.8, 4) is 0 Å². The molecular formula is C17H13BrClNO. The summed E-state index contributed by atoms with van der Waals surface area (Å²) in [7, 11) is 0. The molecule has 1 amide bonds. The van der Waals surface area contributed by atoms with Crippen LogP contribution in [-0.4, -0.2) is 12.5 Å². The van der Waals surface area contributed by atoms with Crippen LogP contribution in [0.15, 0.2) is 53.0 Å². The maximum absolute atomic E-state index is 12.3. The Balaban J connectivity index is 1.79. The molecule has 0 bridgehead atoms. The molecule has 106 valence electrons. The third kappa shape index (κ3) is 3.20. The van der Waals surface area contributed by atoms with E-state index in [1.807, 2.05) is 41.3 Å². The molecule has 0 saturated carbocycles. The topological polar surface area (TPSA) is 20.3 Å².